The van der Waals surface area contributed by atoms with Crippen molar-refractivity contribution >= 4 is 21.6 Å². The van der Waals surface area contributed by atoms with Crippen molar-refractivity contribution in [2.24, 2.45) is 0 Å². The van der Waals surface area contributed by atoms with Crippen molar-refractivity contribution in [2.75, 3.05) is 11.1 Å². The summed E-state index contributed by atoms with van der Waals surface area (Å²) in [5.41, 5.74) is 0.859. The van der Waals surface area contributed by atoms with Gasteiger partial charge in [0.15, 0.2) is 9.84 Å². The number of nitrogens with zero attached hydrogens (tertiary/aromatic N) is 2. The first-order valence-electron chi connectivity index (χ1n) is 7.54. The van der Waals surface area contributed by atoms with Crippen LogP contribution in [0.3, 0.4) is 0 Å². The molecule has 1 amide bonds. The molecule has 0 fully saturated rings. The van der Waals surface area contributed by atoms with Gasteiger partial charge in [-0.05, 0) is 25.5 Å². The van der Waals surface area contributed by atoms with Gasteiger partial charge in [-0.25, -0.2) is 13.1 Å². The number of sulfone groups is 1. The molecule has 0 saturated heterocycles. The maximum absolute atomic E-state index is 12.2. The van der Waals surface area contributed by atoms with Crippen molar-refractivity contribution in [1.82, 2.24) is 9.78 Å². The van der Waals surface area contributed by atoms with Crippen molar-refractivity contribution in [2.45, 2.75) is 38.1 Å². The van der Waals surface area contributed by atoms with Crippen molar-refractivity contribution in [1.29, 1.82) is 0 Å². The van der Waals surface area contributed by atoms with E-state index in [2.05, 4.69) is 10.4 Å². The molecule has 7 heteroatoms. The van der Waals surface area contributed by atoms with E-state index in [4.69, 9.17) is 0 Å². The first kappa shape index (κ1) is 17.2. The molecule has 1 aromatic heterocycles. The fourth-order valence-electron chi connectivity index (χ4n) is 2.19. The quantitative estimate of drug-likeness (QED) is 0.842. The Morgan fingerprint density at radius 3 is 2.61 bits per heavy atom. The summed E-state index contributed by atoms with van der Waals surface area (Å²) in [5.74, 6) is 0.0866. The van der Waals surface area contributed by atoms with E-state index in [1.807, 2.05) is 13.8 Å². The number of amides is 1. The van der Waals surface area contributed by atoms with E-state index in [0.29, 0.717) is 12.4 Å². The van der Waals surface area contributed by atoms with E-state index in [-0.39, 0.29) is 23.0 Å². The highest BCUT2D eigenvalue weighted by Crippen LogP contribution is 2.16. The van der Waals surface area contributed by atoms with Gasteiger partial charge in [0, 0.05) is 18.5 Å². The van der Waals surface area contributed by atoms with E-state index in [0.717, 1.165) is 12.0 Å². The summed E-state index contributed by atoms with van der Waals surface area (Å²) in [5, 5.41) is 6.96. The van der Waals surface area contributed by atoms with Gasteiger partial charge in [-0.1, -0.05) is 25.1 Å². The number of nitrogens with one attached hydrogen (secondary N) is 1. The average molecular weight is 335 g/mol. The lowest BCUT2D eigenvalue weighted by atomic mass is 10.3. The highest BCUT2D eigenvalue weighted by molar-refractivity contribution is 7.91. The largest absolute Gasteiger partial charge is 0.311 e. The number of hydrogen-bond acceptors (Lipinski definition) is 4. The van der Waals surface area contributed by atoms with Gasteiger partial charge in [0.1, 0.15) is 5.82 Å². The lowest BCUT2D eigenvalue weighted by Crippen LogP contribution is -2.20. The summed E-state index contributed by atoms with van der Waals surface area (Å²) < 4.78 is 26.1. The Hall–Kier alpha value is -2.15. The molecule has 0 radical (unpaired) electrons. The Morgan fingerprint density at radius 1 is 1.26 bits per heavy atom. The van der Waals surface area contributed by atoms with Crippen molar-refractivity contribution < 1.29 is 13.2 Å². The maximum Gasteiger partial charge on any atom is 0.226 e. The number of rotatable bonds is 7. The second kappa shape index (κ2) is 7.41. The van der Waals surface area contributed by atoms with E-state index in [9.17, 15) is 13.2 Å². The second-order valence-corrected chi connectivity index (χ2v) is 7.44. The molecule has 1 aromatic carbocycles. The highest BCUT2D eigenvalue weighted by atomic mass is 32.2. The topological polar surface area (TPSA) is 81.1 Å². The fourth-order valence-corrected chi connectivity index (χ4v) is 3.45. The van der Waals surface area contributed by atoms with Crippen molar-refractivity contribution in [3.63, 3.8) is 0 Å². The molecule has 2 aromatic rings. The van der Waals surface area contributed by atoms with Crippen LogP contribution in [0.2, 0.25) is 0 Å². The zero-order valence-electron chi connectivity index (χ0n) is 13.3. The Labute approximate surface area is 136 Å². The third kappa shape index (κ3) is 4.41. The molecule has 1 N–H and O–H groups in total. The Balaban J connectivity index is 2.00. The normalized spacial score (nSPS) is 11.4. The third-order valence-electron chi connectivity index (χ3n) is 3.42. The molecule has 0 spiro atoms. The Bertz CT molecular complexity index is 767. The molecule has 1 heterocycles. The van der Waals surface area contributed by atoms with Gasteiger partial charge in [-0.2, -0.15) is 5.10 Å². The number of aryl methyl sites for hydroxylation is 2. The monoisotopic (exact) mass is 335 g/mol. The van der Waals surface area contributed by atoms with Gasteiger partial charge in [0.25, 0.3) is 0 Å². The minimum Gasteiger partial charge on any atom is -0.311 e. The molecule has 6 nitrogen and oxygen atoms in total. The van der Waals surface area contributed by atoms with Crippen LogP contribution in [0.5, 0.6) is 0 Å². The summed E-state index contributed by atoms with van der Waals surface area (Å²) in [6.45, 7) is 4.58. The molecule has 0 saturated carbocycles. The summed E-state index contributed by atoms with van der Waals surface area (Å²) in [7, 11) is -3.45. The van der Waals surface area contributed by atoms with Crippen molar-refractivity contribution in [3.8, 4) is 0 Å². The zero-order valence-corrected chi connectivity index (χ0v) is 14.1. The van der Waals surface area contributed by atoms with Gasteiger partial charge < -0.3 is 5.32 Å². The van der Waals surface area contributed by atoms with Crippen LogP contribution in [0.15, 0.2) is 41.4 Å². The first-order valence-corrected chi connectivity index (χ1v) is 9.19. The maximum atomic E-state index is 12.2. The molecular weight excluding hydrogens is 314 g/mol. The predicted octanol–water partition coefficient (Wildman–Crippen LogP) is 2.40. The third-order valence-corrected chi connectivity index (χ3v) is 5.15. The molecule has 0 bridgehead atoms. The zero-order chi connectivity index (χ0) is 16.9. The van der Waals surface area contributed by atoms with E-state index < -0.39 is 9.84 Å². The molecule has 23 heavy (non-hydrogen) atoms. The lowest BCUT2D eigenvalue weighted by molar-refractivity contribution is -0.115. The number of aromatic nitrogens is 2. The molecular formula is C16H21N3O3S. The molecule has 0 aliphatic carbocycles. The standard InChI is InChI=1S/C16H21N3O3S/c1-3-10-19-16(13(2)12-17-19)18-15(20)9-11-23(21,22)14-7-5-4-6-8-14/h4-8,12H,3,9-11H2,1-2H3,(H,18,20). The summed E-state index contributed by atoms with van der Waals surface area (Å²) in [6.07, 6.45) is 2.49. The summed E-state index contributed by atoms with van der Waals surface area (Å²) in [6, 6.07) is 8.16. The van der Waals surface area contributed by atoms with Crippen LogP contribution in [-0.2, 0) is 21.2 Å². The Kier molecular flexibility index (Phi) is 5.54. The number of hydrogen-bond donors (Lipinski definition) is 1. The molecule has 124 valence electrons. The van der Waals surface area contributed by atoms with Crippen molar-refractivity contribution in [3.05, 3.63) is 42.1 Å². The summed E-state index contributed by atoms with van der Waals surface area (Å²) in [4.78, 5) is 12.3. The van der Waals surface area contributed by atoms with Crippen LogP contribution in [0.25, 0.3) is 0 Å². The second-order valence-electron chi connectivity index (χ2n) is 5.33. The minimum absolute atomic E-state index is 0.0893. The van der Waals surface area contributed by atoms with E-state index in [1.165, 1.54) is 12.1 Å². The van der Waals surface area contributed by atoms with E-state index in [1.54, 1.807) is 29.1 Å². The Morgan fingerprint density at radius 2 is 1.96 bits per heavy atom. The number of carbonyl (C=O) groups is 1. The summed E-state index contributed by atoms with van der Waals surface area (Å²) >= 11 is 0. The van der Waals surface area contributed by atoms with E-state index >= 15 is 0 Å². The van der Waals surface area contributed by atoms with Gasteiger partial charge in [0.2, 0.25) is 5.91 Å². The van der Waals surface area contributed by atoms with Crippen LogP contribution in [0.4, 0.5) is 5.82 Å². The van der Waals surface area contributed by atoms with Gasteiger partial charge >= 0.3 is 0 Å². The molecule has 2 rings (SSSR count). The molecule has 0 aliphatic rings. The van der Waals surface area contributed by atoms with Gasteiger partial charge in [-0.15, -0.1) is 0 Å². The smallest absolute Gasteiger partial charge is 0.226 e. The minimum atomic E-state index is -3.45. The first-order chi connectivity index (χ1) is 10.9. The molecule has 0 unspecified atom stereocenters. The predicted molar refractivity (Wildman–Crippen MR) is 89.0 cm³/mol. The van der Waals surface area contributed by atoms with Crippen LogP contribution >= 0.6 is 0 Å². The molecule has 0 aliphatic heterocycles. The lowest BCUT2D eigenvalue weighted by Gasteiger charge is -2.09. The molecule has 0 atom stereocenters. The fraction of sp³-hybridized carbons (Fsp3) is 0.375. The van der Waals surface area contributed by atoms with Crippen LogP contribution in [0.1, 0.15) is 25.3 Å². The van der Waals surface area contributed by atoms with Crippen LogP contribution < -0.4 is 5.32 Å². The SMILES string of the molecule is CCCn1ncc(C)c1NC(=O)CCS(=O)(=O)c1ccccc1. The average Bonchev–Trinajstić information content (AvgIpc) is 2.87. The highest BCUT2D eigenvalue weighted by Gasteiger charge is 2.17. The number of anilines is 1. The van der Waals surface area contributed by atoms with Crippen LogP contribution in [0, 0.1) is 6.92 Å². The van der Waals surface area contributed by atoms with Gasteiger partial charge in [-0.3, -0.25) is 4.79 Å². The van der Waals surface area contributed by atoms with Gasteiger partial charge in [0.05, 0.1) is 16.8 Å². The number of carbonyl (C=O) groups excluding carboxylic acids is 1. The number of benzene rings is 1. The van der Waals surface area contributed by atoms with Crippen LogP contribution in [-0.4, -0.2) is 29.9 Å².